The lowest BCUT2D eigenvalue weighted by atomic mass is 10.4. The van der Waals surface area contributed by atoms with E-state index < -0.39 is 31.9 Å². The molecule has 0 bridgehead atoms. The maximum Gasteiger partial charge on any atom is 0.573 e. The largest absolute Gasteiger partial charge is 0.573 e. The van der Waals surface area contributed by atoms with E-state index in [0.717, 1.165) is 6.20 Å². The third-order valence-electron chi connectivity index (χ3n) is 1.44. The predicted molar refractivity (Wildman–Crippen MR) is 61.1 cm³/mol. The summed E-state index contributed by atoms with van der Waals surface area (Å²) in [6, 6.07) is 0. The van der Waals surface area contributed by atoms with Crippen LogP contribution in [-0.2, 0) is 9.05 Å². The van der Waals surface area contributed by atoms with Gasteiger partial charge < -0.3 is 10.5 Å². The average molecular weight is 403 g/mol. The molecular weight excluding hydrogens is 399 g/mol. The molecule has 0 aliphatic carbocycles. The van der Waals surface area contributed by atoms with Crippen LogP contribution in [0.2, 0.25) is 0 Å². The average Bonchev–Trinajstić information content (AvgIpc) is 2.08. The molecule has 1 heterocycles. The lowest BCUT2D eigenvalue weighted by Gasteiger charge is -2.13. The van der Waals surface area contributed by atoms with E-state index in [9.17, 15) is 21.6 Å². The quantitative estimate of drug-likeness (QED) is 0.605. The first-order valence-corrected chi connectivity index (χ1v) is 7.05. The molecule has 0 atom stereocenters. The molecule has 1 aromatic heterocycles. The van der Waals surface area contributed by atoms with Crippen LogP contribution < -0.4 is 10.5 Å². The zero-order valence-electron chi connectivity index (χ0n) is 7.62. The lowest BCUT2D eigenvalue weighted by Crippen LogP contribution is -2.20. The number of alkyl halides is 3. The Kier molecular flexibility index (Phi) is 3.98. The fourth-order valence-corrected chi connectivity index (χ4v) is 2.12. The molecule has 0 saturated heterocycles. The number of nitrogens with two attached hydrogens (primary N) is 1. The second-order valence-corrected chi connectivity index (χ2v) is 6.28. The molecule has 1 rings (SSSR count). The second kappa shape index (κ2) is 4.65. The molecule has 0 aromatic carbocycles. The Morgan fingerprint density at radius 1 is 1.47 bits per heavy atom. The first-order chi connectivity index (χ1) is 7.52. The molecule has 0 aliphatic heterocycles. The normalized spacial score (nSPS) is 12.5. The van der Waals surface area contributed by atoms with Crippen molar-refractivity contribution in [3.63, 3.8) is 0 Å². The van der Waals surface area contributed by atoms with Crippen LogP contribution in [0.1, 0.15) is 0 Å². The van der Waals surface area contributed by atoms with E-state index in [1.165, 1.54) is 0 Å². The van der Waals surface area contributed by atoms with E-state index >= 15 is 0 Å². The highest BCUT2D eigenvalue weighted by Gasteiger charge is 2.36. The SMILES string of the molecule is Nc1c(I)cnc(S(=O)(=O)Cl)c1OC(F)(F)F. The van der Waals surface area contributed by atoms with Crippen molar-refractivity contribution in [2.24, 2.45) is 0 Å². The Morgan fingerprint density at radius 3 is 2.41 bits per heavy atom. The summed E-state index contributed by atoms with van der Waals surface area (Å²) >= 11 is 1.57. The van der Waals surface area contributed by atoms with Gasteiger partial charge in [-0.3, -0.25) is 0 Å². The number of nitrogens with zero attached hydrogens (tertiary/aromatic N) is 1. The van der Waals surface area contributed by atoms with Gasteiger partial charge >= 0.3 is 6.36 Å². The van der Waals surface area contributed by atoms with Crippen LogP contribution in [0.5, 0.6) is 5.75 Å². The summed E-state index contributed by atoms with van der Waals surface area (Å²) in [6.07, 6.45) is -4.13. The van der Waals surface area contributed by atoms with E-state index in [-0.39, 0.29) is 3.57 Å². The topological polar surface area (TPSA) is 82.3 Å². The smallest absolute Gasteiger partial charge is 0.400 e. The number of nitrogen functional groups attached to an aromatic ring is 1. The van der Waals surface area contributed by atoms with Gasteiger partial charge in [0.1, 0.15) is 0 Å². The Balaban J connectivity index is 3.48. The van der Waals surface area contributed by atoms with Gasteiger partial charge in [0, 0.05) is 16.9 Å². The molecule has 17 heavy (non-hydrogen) atoms. The number of rotatable bonds is 2. The van der Waals surface area contributed by atoms with Crippen molar-refractivity contribution in [2.45, 2.75) is 11.4 Å². The number of ether oxygens (including phenoxy) is 1. The maximum atomic E-state index is 12.1. The van der Waals surface area contributed by atoms with Gasteiger partial charge in [0.2, 0.25) is 5.03 Å². The van der Waals surface area contributed by atoms with Crippen molar-refractivity contribution in [1.82, 2.24) is 4.98 Å². The first kappa shape index (κ1) is 14.6. The fourth-order valence-electron chi connectivity index (χ4n) is 0.855. The summed E-state index contributed by atoms with van der Waals surface area (Å²) in [4.78, 5) is 3.26. The van der Waals surface area contributed by atoms with E-state index in [4.69, 9.17) is 16.4 Å². The molecule has 0 radical (unpaired) electrons. The van der Waals surface area contributed by atoms with E-state index in [2.05, 4.69) is 9.72 Å². The molecule has 0 fully saturated rings. The van der Waals surface area contributed by atoms with Gasteiger partial charge in [0.25, 0.3) is 9.05 Å². The van der Waals surface area contributed by atoms with Crippen molar-refractivity contribution >= 4 is 48.0 Å². The van der Waals surface area contributed by atoms with Gasteiger partial charge in [0.05, 0.1) is 9.26 Å². The first-order valence-electron chi connectivity index (χ1n) is 3.67. The van der Waals surface area contributed by atoms with Gasteiger partial charge in [-0.2, -0.15) is 0 Å². The molecule has 0 unspecified atom stereocenters. The molecule has 1 aromatic rings. The number of pyridine rings is 1. The molecule has 0 saturated carbocycles. The highest BCUT2D eigenvalue weighted by atomic mass is 127. The van der Waals surface area contributed by atoms with Crippen molar-refractivity contribution in [1.29, 1.82) is 0 Å². The van der Waals surface area contributed by atoms with E-state index in [1.54, 1.807) is 22.6 Å². The summed E-state index contributed by atoms with van der Waals surface area (Å²) in [6.45, 7) is 0. The molecule has 5 nitrogen and oxygen atoms in total. The van der Waals surface area contributed by atoms with Crippen LogP contribution in [0.15, 0.2) is 11.2 Å². The standard InChI is InChI=1S/C6H3ClF3IN2O3S/c7-17(14,15)5-4(16-6(8,9)10)3(12)2(11)1-13-5/h1H,(H2,12,13). The van der Waals surface area contributed by atoms with Gasteiger partial charge in [-0.25, -0.2) is 13.4 Å². The molecular formula is C6H3ClF3IN2O3S. The number of halogens is 5. The highest BCUT2D eigenvalue weighted by molar-refractivity contribution is 14.1. The van der Waals surface area contributed by atoms with Gasteiger partial charge in [-0.15, -0.1) is 13.2 Å². The maximum absolute atomic E-state index is 12.1. The van der Waals surface area contributed by atoms with Crippen LogP contribution in [0.25, 0.3) is 0 Å². The summed E-state index contributed by atoms with van der Waals surface area (Å²) in [5.41, 5.74) is 4.79. The Morgan fingerprint density at radius 2 is 2.00 bits per heavy atom. The van der Waals surface area contributed by atoms with E-state index in [0.29, 0.717) is 0 Å². The predicted octanol–water partition coefficient (Wildman–Crippen LogP) is 2.09. The summed E-state index contributed by atoms with van der Waals surface area (Å²) < 4.78 is 61.8. The van der Waals surface area contributed by atoms with Crippen molar-refractivity contribution in [2.75, 3.05) is 5.73 Å². The minimum absolute atomic E-state index is 0.103. The fraction of sp³-hybridized carbons (Fsp3) is 0.167. The van der Waals surface area contributed by atoms with Crippen molar-refractivity contribution in [3.05, 3.63) is 9.77 Å². The highest BCUT2D eigenvalue weighted by Crippen LogP contribution is 2.37. The van der Waals surface area contributed by atoms with Crippen LogP contribution in [-0.4, -0.2) is 19.8 Å². The molecule has 96 valence electrons. The lowest BCUT2D eigenvalue weighted by molar-refractivity contribution is -0.275. The van der Waals surface area contributed by atoms with Gasteiger partial charge in [0.15, 0.2) is 5.75 Å². The Labute approximate surface area is 112 Å². The third kappa shape index (κ3) is 3.74. The van der Waals surface area contributed by atoms with Crippen LogP contribution >= 0.6 is 33.3 Å². The van der Waals surface area contributed by atoms with Crippen LogP contribution in [0.3, 0.4) is 0 Å². The zero-order valence-corrected chi connectivity index (χ0v) is 11.4. The minimum atomic E-state index is -5.10. The summed E-state index contributed by atoms with van der Waals surface area (Å²) in [5.74, 6) is -1.13. The van der Waals surface area contributed by atoms with Gasteiger partial charge in [-0.1, -0.05) is 0 Å². The second-order valence-electron chi connectivity index (χ2n) is 2.64. The summed E-state index contributed by atoms with van der Waals surface area (Å²) in [7, 11) is 0.429. The number of aromatic nitrogens is 1. The molecule has 0 spiro atoms. The minimum Gasteiger partial charge on any atom is -0.400 e. The van der Waals surface area contributed by atoms with E-state index in [1.807, 2.05) is 0 Å². The molecule has 2 N–H and O–H groups in total. The van der Waals surface area contributed by atoms with Gasteiger partial charge in [-0.05, 0) is 22.6 Å². The van der Waals surface area contributed by atoms with Crippen molar-refractivity contribution < 1.29 is 26.3 Å². The van der Waals surface area contributed by atoms with Crippen molar-refractivity contribution in [3.8, 4) is 5.75 Å². The zero-order chi connectivity index (χ0) is 13.4. The Bertz CT molecular complexity index is 548. The molecule has 0 amide bonds. The van der Waals surface area contributed by atoms with Crippen LogP contribution in [0.4, 0.5) is 18.9 Å². The monoisotopic (exact) mass is 402 g/mol. The molecule has 0 aliphatic rings. The molecule has 11 heteroatoms. The number of anilines is 1. The van der Waals surface area contributed by atoms with Crippen LogP contribution in [0, 0.1) is 3.57 Å². The number of hydrogen-bond donors (Lipinski definition) is 1. The third-order valence-corrected chi connectivity index (χ3v) is 3.49. The summed E-state index contributed by atoms with van der Waals surface area (Å²) in [5, 5.41) is -1.07. The number of hydrogen-bond acceptors (Lipinski definition) is 5. The Hall–Kier alpha value is -0.490.